The fourth-order valence-electron chi connectivity index (χ4n) is 4.91. The molecule has 1 saturated heterocycles. The minimum Gasteiger partial charge on any atom is -0.436 e. The van der Waals surface area contributed by atoms with Gasteiger partial charge in [0.05, 0.1) is 17.5 Å². The van der Waals surface area contributed by atoms with Gasteiger partial charge in [-0.05, 0) is 54.7 Å². The number of amides is 2. The summed E-state index contributed by atoms with van der Waals surface area (Å²) in [5.74, 6) is 0.503. The van der Waals surface area contributed by atoms with Crippen molar-refractivity contribution in [3.8, 4) is 11.5 Å². The predicted molar refractivity (Wildman–Crippen MR) is 99.7 cm³/mol. The van der Waals surface area contributed by atoms with Gasteiger partial charge in [0.2, 0.25) is 17.7 Å². The number of oxazole rings is 1. The van der Waals surface area contributed by atoms with E-state index in [0.717, 1.165) is 23.1 Å². The smallest absolute Gasteiger partial charge is 0.238 e. The van der Waals surface area contributed by atoms with E-state index in [4.69, 9.17) is 4.42 Å². The fraction of sp³-hybridized carbons (Fsp3) is 0.227. The lowest BCUT2D eigenvalue weighted by Crippen LogP contribution is -2.32. The van der Waals surface area contributed by atoms with Gasteiger partial charge in [0, 0.05) is 5.56 Å². The molecule has 5 heteroatoms. The van der Waals surface area contributed by atoms with Gasteiger partial charge in [0.1, 0.15) is 5.52 Å². The Labute approximate surface area is 155 Å². The monoisotopic (exact) mass is 356 g/mol. The Morgan fingerprint density at radius 1 is 0.889 bits per heavy atom. The molecular formula is C22H16N2O3. The molecule has 1 saturated carbocycles. The van der Waals surface area contributed by atoms with E-state index in [1.807, 2.05) is 36.4 Å². The topological polar surface area (TPSA) is 63.4 Å². The minimum absolute atomic E-state index is 0.0588. The molecule has 1 aromatic heterocycles. The second kappa shape index (κ2) is 5.16. The number of anilines is 1. The summed E-state index contributed by atoms with van der Waals surface area (Å²) < 4.78 is 5.79. The van der Waals surface area contributed by atoms with E-state index in [1.54, 1.807) is 12.1 Å². The number of carbonyl (C=O) groups excluding carboxylic acids is 2. The van der Waals surface area contributed by atoms with Gasteiger partial charge in [-0.25, -0.2) is 4.98 Å². The molecule has 0 N–H and O–H groups in total. The van der Waals surface area contributed by atoms with Crippen LogP contribution in [0.15, 0.2) is 65.1 Å². The quantitative estimate of drug-likeness (QED) is 0.517. The maximum absolute atomic E-state index is 12.9. The molecule has 4 atom stereocenters. The maximum atomic E-state index is 12.9. The fourth-order valence-corrected chi connectivity index (χ4v) is 4.91. The van der Waals surface area contributed by atoms with Gasteiger partial charge in [-0.1, -0.05) is 24.3 Å². The molecule has 3 aliphatic rings. The highest BCUT2D eigenvalue weighted by Gasteiger charge is 2.59. The van der Waals surface area contributed by atoms with Crippen molar-refractivity contribution in [2.75, 3.05) is 4.90 Å². The largest absolute Gasteiger partial charge is 0.436 e. The van der Waals surface area contributed by atoms with Gasteiger partial charge < -0.3 is 4.42 Å². The second-order valence-electron chi connectivity index (χ2n) is 7.55. The van der Waals surface area contributed by atoms with Gasteiger partial charge in [0.15, 0.2) is 5.58 Å². The number of hydrogen-bond donors (Lipinski definition) is 0. The van der Waals surface area contributed by atoms with Crippen LogP contribution in [-0.2, 0) is 9.59 Å². The van der Waals surface area contributed by atoms with Gasteiger partial charge >= 0.3 is 0 Å². The van der Waals surface area contributed by atoms with Gasteiger partial charge in [0.25, 0.3) is 0 Å². The van der Waals surface area contributed by atoms with E-state index < -0.39 is 0 Å². The van der Waals surface area contributed by atoms with Crippen LogP contribution < -0.4 is 4.90 Å². The van der Waals surface area contributed by atoms with E-state index >= 15 is 0 Å². The van der Waals surface area contributed by atoms with Crippen molar-refractivity contribution in [2.24, 2.45) is 23.7 Å². The van der Waals surface area contributed by atoms with Crippen LogP contribution in [0.5, 0.6) is 0 Å². The first-order valence-electron chi connectivity index (χ1n) is 9.23. The molecule has 2 heterocycles. The molecule has 3 aromatic rings. The number of allylic oxidation sites excluding steroid dienone is 2. The Hall–Kier alpha value is -3.21. The number of rotatable bonds is 2. The Balaban J connectivity index is 1.33. The first-order chi connectivity index (χ1) is 13.2. The Morgan fingerprint density at radius 3 is 2.22 bits per heavy atom. The summed E-state index contributed by atoms with van der Waals surface area (Å²) in [5, 5.41) is 0. The zero-order valence-electron chi connectivity index (χ0n) is 14.4. The first kappa shape index (κ1) is 14.9. The molecule has 0 radical (unpaired) electrons. The number of imide groups is 1. The summed E-state index contributed by atoms with van der Waals surface area (Å²) in [4.78, 5) is 31.7. The third-order valence-electron chi connectivity index (χ3n) is 6.14. The van der Waals surface area contributed by atoms with Crippen molar-refractivity contribution in [3.63, 3.8) is 0 Å². The third kappa shape index (κ3) is 1.97. The van der Waals surface area contributed by atoms with E-state index in [-0.39, 0.29) is 35.5 Å². The normalized spacial score (nSPS) is 28.5. The Bertz CT molecular complexity index is 1060. The zero-order chi connectivity index (χ0) is 18.1. The highest BCUT2D eigenvalue weighted by molar-refractivity contribution is 6.22. The van der Waals surface area contributed by atoms with Crippen LogP contribution in [0.1, 0.15) is 6.42 Å². The van der Waals surface area contributed by atoms with Crippen molar-refractivity contribution in [3.05, 3.63) is 60.7 Å². The van der Waals surface area contributed by atoms with Crippen LogP contribution in [0.2, 0.25) is 0 Å². The summed E-state index contributed by atoms with van der Waals surface area (Å²) in [6, 6.07) is 14.9. The van der Waals surface area contributed by atoms with Crippen molar-refractivity contribution in [1.29, 1.82) is 0 Å². The van der Waals surface area contributed by atoms with Gasteiger partial charge in [-0.3, -0.25) is 14.5 Å². The SMILES string of the molecule is O=C1[C@@H]2[C@H](C(=O)N1c1ccc(-c3nc4ccccc4o3)cc1)[C@H]1C=C[C@H]2C1. The number of fused-ring (bicyclic) bond motifs is 6. The summed E-state index contributed by atoms with van der Waals surface area (Å²) in [7, 11) is 0. The van der Waals surface area contributed by atoms with Crippen molar-refractivity contribution in [1.82, 2.24) is 4.98 Å². The molecule has 2 aromatic carbocycles. The Morgan fingerprint density at radius 2 is 1.56 bits per heavy atom. The van der Waals surface area contributed by atoms with E-state index in [1.165, 1.54) is 4.90 Å². The van der Waals surface area contributed by atoms with Crippen LogP contribution in [0.4, 0.5) is 5.69 Å². The van der Waals surface area contributed by atoms with Crippen molar-refractivity contribution in [2.45, 2.75) is 6.42 Å². The van der Waals surface area contributed by atoms with E-state index in [0.29, 0.717) is 11.6 Å². The molecule has 5 nitrogen and oxygen atoms in total. The number of para-hydroxylation sites is 2. The van der Waals surface area contributed by atoms with Crippen molar-refractivity contribution < 1.29 is 14.0 Å². The molecular weight excluding hydrogens is 340 g/mol. The minimum atomic E-state index is -0.177. The van der Waals surface area contributed by atoms with E-state index in [2.05, 4.69) is 17.1 Å². The standard InChI is InChI=1S/C22H16N2O3/c25-21-18-13-5-6-14(11-13)19(18)22(26)24(21)15-9-7-12(8-10-15)20-23-16-3-1-2-4-17(16)27-20/h1-10,13-14,18-19H,11H2/t13-,14-,18-,19+/m0/s1. The van der Waals surface area contributed by atoms with Crippen LogP contribution in [0.3, 0.4) is 0 Å². The lowest BCUT2D eigenvalue weighted by Gasteiger charge is -2.17. The zero-order valence-corrected chi connectivity index (χ0v) is 14.4. The summed E-state index contributed by atoms with van der Waals surface area (Å²) in [6.45, 7) is 0. The molecule has 1 aliphatic heterocycles. The molecule has 0 spiro atoms. The average molecular weight is 356 g/mol. The van der Waals surface area contributed by atoms with Crippen molar-refractivity contribution >= 4 is 28.6 Å². The molecule has 132 valence electrons. The maximum Gasteiger partial charge on any atom is 0.238 e. The summed E-state index contributed by atoms with van der Waals surface area (Å²) in [6.07, 6.45) is 5.16. The number of nitrogens with zero attached hydrogens (tertiary/aromatic N) is 2. The summed E-state index contributed by atoms with van der Waals surface area (Å²) >= 11 is 0. The molecule has 0 unspecified atom stereocenters. The van der Waals surface area contributed by atoms with Gasteiger partial charge in [-0.2, -0.15) is 0 Å². The lowest BCUT2D eigenvalue weighted by atomic mass is 9.85. The molecule has 2 fully saturated rings. The highest BCUT2D eigenvalue weighted by atomic mass is 16.3. The van der Waals surface area contributed by atoms with E-state index in [9.17, 15) is 9.59 Å². The predicted octanol–water partition coefficient (Wildman–Crippen LogP) is 3.81. The second-order valence-corrected chi connectivity index (χ2v) is 7.55. The average Bonchev–Trinajstić information content (AvgIpc) is 3.45. The number of aromatic nitrogens is 1. The molecule has 2 bridgehead atoms. The van der Waals surface area contributed by atoms with Crippen LogP contribution in [0, 0.1) is 23.7 Å². The number of carbonyl (C=O) groups is 2. The molecule has 27 heavy (non-hydrogen) atoms. The highest BCUT2D eigenvalue weighted by Crippen LogP contribution is 2.53. The lowest BCUT2D eigenvalue weighted by molar-refractivity contribution is -0.123. The first-order valence-corrected chi connectivity index (χ1v) is 9.23. The van der Waals surface area contributed by atoms with Crippen LogP contribution in [0.25, 0.3) is 22.6 Å². The Kier molecular flexibility index (Phi) is 2.85. The molecule has 2 aliphatic carbocycles. The third-order valence-corrected chi connectivity index (χ3v) is 6.14. The molecule has 6 rings (SSSR count). The number of benzene rings is 2. The molecule has 2 amide bonds. The van der Waals surface area contributed by atoms with Gasteiger partial charge in [-0.15, -0.1) is 0 Å². The number of hydrogen-bond acceptors (Lipinski definition) is 4. The van der Waals surface area contributed by atoms with Crippen LogP contribution in [-0.4, -0.2) is 16.8 Å². The summed E-state index contributed by atoms with van der Waals surface area (Å²) in [5.41, 5.74) is 2.98. The van der Waals surface area contributed by atoms with Crippen LogP contribution >= 0.6 is 0 Å².